The molecule has 0 saturated carbocycles. The zero-order valence-corrected chi connectivity index (χ0v) is 29.0. The predicted molar refractivity (Wildman–Crippen MR) is 174 cm³/mol. The van der Waals surface area contributed by atoms with Crippen LogP contribution in [0.25, 0.3) is 10.9 Å². The summed E-state index contributed by atoms with van der Waals surface area (Å²) in [5.41, 5.74) is 2.14. The van der Waals surface area contributed by atoms with E-state index in [4.69, 9.17) is 14.5 Å². The molecule has 0 aliphatic carbocycles. The molecule has 204 valence electrons. The van der Waals surface area contributed by atoms with E-state index in [1.54, 1.807) is 12.3 Å². The van der Waals surface area contributed by atoms with E-state index in [0.717, 1.165) is 36.3 Å². The van der Waals surface area contributed by atoms with Gasteiger partial charge < -0.3 is 9.47 Å². The molecule has 4 rings (SSSR count). The van der Waals surface area contributed by atoms with Crippen LogP contribution in [-0.2, 0) is 13.0 Å². The fourth-order valence-electron chi connectivity index (χ4n) is 3.81. The number of nitrogens with zero attached hydrogens (tertiary/aromatic N) is 3. The average molecular weight is 850 g/mol. The van der Waals surface area contributed by atoms with E-state index in [9.17, 15) is 4.79 Å². The van der Waals surface area contributed by atoms with Crippen molar-refractivity contribution in [3.8, 4) is 11.5 Å². The average Bonchev–Trinajstić information content (AvgIpc) is 2.91. The molecule has 0 aliphatic heterocycles. The van der Waals surface area contributed by atoms with Gasteiger partial charge in [-0.25, -0.2) is 4.98 Å². The second-order valence-corrected chi connectivity index (χ2v) is 12.8. The van der Waals surface area contributed by atoms with Crippen LogP contribution in [0.1, 0.15) is 43.6 Å². The first-order valence-electron chi connectivity index (χ1n) is 12.2. The van der Waals surface area contributed by atoms with Gasteiger partial charge in [0, 0.05) is 35.4 Å². The third-order valence-corrected chi connectivity index (χ3v) is 9.65. The maximum atomic E-state index is 13.4. The summed E-state index contributed by atoms with van der Waals surface area (Å²) in [5.74, 6) is 1.74. The lowest BCUT2D eigenvalue weighted by Crippen LogP contribution is -2.22. The van der Waals surface area contributed by atoms with Gasteiger partial charge in [0.15, 0.2) is 11.5 Å². The van der Waals surface area contributed by atoms with Crippen molar-refractivity contribution >= 4 is 96.8 Å². The van der Waals surface area contributed by atoms with Gasteiger partial charge in [0.05, 0.1) is 28.2 Å². The lowest BCUT2D eigenvalue weighted by molar-refractivity contribution is 0.267. The second kappa shape index (κ2) is 13.9. The zero-order valence-electron chi connectivity index (χ0n) is 21.1. The predicted octanol–water partition coefficient (Wildman–Crippen LogP) is 9.41. The summed E-state index contributed by atoms with van der Waals surface area (Å²) in [4.78, 5) is 18.2. The van der Waals surface area contributed by atoms with Crippen LogP contribution in [0.4, 0.5) is 0 Å². The monoisotopic (exact) mass is 845 g/mol. The van der Waals surface area contributed by atoms with E-state index in [2.05, 4.69) is 91.7 Å². The molecule has 0 fully saturated rings. The molecule has 6 nitrogen and oxygen atoms in total. The first-order chi connectivity index (χ1) is 18.7. The minimum absolute atomic E-state index is 0.219. The maximum Gasteiger partial charge on any atom is 0.282 e. The third-order valence-electron chi connectivity index (χ3n) is 5.78. The fraction of sp³-hybridized carbons (Fsp3) is 0.250. The summed E-state index contributed by atoms with van der Waals surface area (Å²) >= 11 is 17.9. The Morgan fingerprint density at radius 1 is 0.949 bits per heavy atom. The van der Waals surface area contributed by atoms with Crippen molar-refractivity contribution < 1.29 is 9.47 Å². The Morgan fingerprint density at radius 2 is 1.69 bits per heavy atom. The molecule has 0 N–H and O–H groups in total. The largest absolute Gasteiger partial charge is 0.490 e. The number of ether oxygens (including phenoxy) is 2. The van der Waals surface area contributed by atoms with Gasteiger partial charge in [0.2, 0.25) is 0 Å². The van der Waals surface area contributed by atoms with Crippen LogP contribution >= 0.6 is 79.6 Å². The zero-order chi connectivity index (χ0) is 28.1. The molecule has 0 amide bonds. The molecular formula is C28H24Br5N3O3. The molecule has 0 unspecified atom stereocenters. The summed E-state index contributed by atoms with van der Waals surface area (Å²) in [7, 11) is 0. The Bertz CT molecular complexity index is 1600. The van der Waals surface area contributed by atoms with E-state index < -0.39 is 0 Å². The van der Waals surface area contributed by atoms with Crippen LogP contribution in [0.15, 0.2) is 74.7 Å². The Labute approximate surface area is 268 Å². The van der Waals surface area contributed by atoms with Gasteiger partial charge in [-0.15, -0.1) is 0 Å². The highest BCUT2D eigenvalue weighted by Crippen LogP contribution is 2.43. The molecule has 0 spiro atoms. The number of unbranched alkanes of at least 4 members (excludes halogenated alkanes) is 1. The van der Waals surface area contributed by atoms with Crippen molar-refractivity contribution in [3.05, 3.63) is 92.1 Å². The standard InChI is InChI=1S/C28H24Br5N3O3/c1-3-5-6-24-35-22-10-9-18(29)12-20(22)28(37)36(24)34-14-17-11-23(38-4-2)27(26(33)25(17)32)39-15-16-7-8-19(30)13-21(16)31/h7-14H,3-6,15H2,1-2H3. The van der Waals surface area contributed by atoms with Crippen molar-refractivity contribution in [1.82, 2.24) is 9.66 Å². The Hall–Kier alpha value is -1.53. The lowest BCUT2D eigenvalue weighted by Gasteiger charge is -2.17. The first-order valence-corrected chi connectivity index (χ1v) is 16.2. The molecule has 0 saturated heterocycles. The quantitative estimate of drug-likeness (QED) is 0.149. The van der Waals surface area contributed by atoms with Crippen molar-refractivity contribution in [2.45, 2.75) is 39.7 Å². The number of rotatable bonds is 10. The molecule has 0 radical (unpaired) electrons. The van der Waals surface area contributed by atoms with E-state index in [1.807, 2.05) is 43.3 Å². The molecule has 0 aliphatic rings. The minimum Gasteiger partial charge on any atom is -0.490 e. The fourth-order valence-corrected chi connectivity index (χ4v) is 6.27. The van der Waals surface area contributed by atoms with E-state index in [-0.39, 0.29) is 5.56 Å². The summed E-state index contributed by atoms with van der Waals surface area (Å²) in [6, 6.07) is 13.3. The van der Waals surface area contributed by atoms with Gasteiger partial charge in [-0.05, 0) is 81.6 Å². The summed E-state index contributed by atoms with van der Waals surface area (Å²) in [6.45, 7) is 4.80. The molecule has 3 aromatic carbocycles. The number of aryl methyl sites for hydroxylation is 1. The minimum atomic E-state index is -0.219. The van der Waals surface area contributed by atoms with Crippen LogP contribution in [0.3, 0.4) is 0 Å². The Balaban J connectivity index is 1.74. The van der Waals surface area contributed by atoms with Crippen LogP contribution < -0.4 is 15.0 Å². The Morgan fingerprint density at radius 3 is 2.41 bits per heavy atom. The third kappa shape index (κ3) is 7.22. The normalized spacial score (nSPS) is 11.5. The van der Waals surface area contributed by atoms with Crippen LogP contribution in [0.5, 0.6) is 11.5 Å². The number of aromatic nitrogens is 2. The molecule has 39 heavy (non-hydrogen) atoms. The van der Waals surface area contributed by atoms with Crippen molar-refractivity contribution in [1.29, 1.82) is 0 Å². The van der Waals surface area contributed by atoms with E-state index in [0.29, 0.717) is 57.9 Å². The van der Waals surface area contributed by atoms with E-state index >= 15 is 0 Å². The molecule has 4 aromatic rings. The first kappa shape index (κ1) is 30.4. The highest BCUT2D eigenvalue weighted by atomic mass is 79.9. The van der Waals surface area contributed by atoms with E-state index in [1.165, 1.54) is 4.68 Å². The smallest absolute Gasteiger partial charge is 0.282 e. The molecule has 0 atom stereocenters. The van der Waals surface area contributed by atoms with Crippen molar-refractivity contribution in [2.24, 2.45) is 5.10 Å². The molecule has 1 aromatic heterocycles. The SMILES string of the molecule is CCCCc1nc2ccc(Br)cc2c(=O)n1N=Cc1cc(OCC)c(OCc2ccc(Br)cc2Br)c(Br)c1Br. The Kier molecular flexibility index (Phi) is 10.8. The van der Waals surface area contributed by atoms with Crippen molar-refractivity contribution in [3.63, 3.8) is 0 Å². The number of benzene rings is 3. The molecule has 0 bridgehead atoms. The van der Waals surface area contributed by atoms with Crippen molar-refractivity contribution in [2.75, 3.05) is 6.61 Å². The van der Waals surface area contributed by atoms with Gasteiger partial charge in [-0.3, -0.25) is 4.79 Å². The van der Waals surface area contributed by atoms with Gasteiger partial charge >= 0.3 is 0 Å². The van der Waals surface area contributed by atoms with Crippen LogP contribution in [-0.4, -0.2) is 22.5 Å². The number of hydrogen-bond acceptors (Lipinski definition) is 5. The maximum absolute atomic E-state index is 13.4. The summed E-state index contributed by atoms with van der Waals surface area (Å²) < 4.78 is 17.7. The number of hydrogen-bond donors (Lipinski definition) is 0. The second-order valence-electron chi connectivity index (χ2n) is 8.53. The van der Waals surface area contributed by atoms with Crippen LogP contribution in [0, 0.1) is 0 Å². The van der Waals surface area contributed by atoms with Gasteiger partial charge in [-0.2, -0.15) is 9.78 Å². The van der Waals surface area contributed by atoms with Gasteiger partial charge in [-0.1, -0.05) is 67.2 Å². The lowest BCUT2D eigenvalue weighted by atomic mass is 10.2. The summed E-state index contributed by atoms with van der Waals surface area (Å²) in [5, 5.41) is 5.10. The van der Waals surface area contributed by atoms with Gasteiger partial charge in [0.25, 0.3) is 5.56 Å². The number of fused-ring (bicyclic) bond motifs is 1. The highest BCUT2D eigenvalue weighted by Gasteiger charge is 2.18. The van der Waals surface area contributed by atoms with Crippen LogP contribution in [0.2, 0.25) is 0 Å². The molecule has 1 heterocycles. The number of halogens is 5. The molecular weight excluding hydrogens is 826 g/mol. The highest BCUT2D eigenvalue weighted by molar-refractivity contribution is 9.13. The summed E-state index contributed by atoms with van der Waals surface area (Å²) in [6.07, 6.45) is 4.15. The topological polar surface area (TPSA) is 65.7 Å². The van der Waals surface area contributed by atoms with Gasteiger partial charge in [0.1, 0.15) is 12.4 Å². The molecule has 11 heteroatoms.